The first kappa shape index (κ1) is 16.0. The minimum atomic E-state index is -1.08. The number of hydrogen-bond acceptors (Lipinski definition) is 3. The second kappa shape index (κ2) is 6.89. The Labute approximate surface area is 121 Å². The Morgan fingerprint density at radius 1 is 1.44 bits per heavy atom. The Hall–Kier alpha value is -0.100. The fourth-order valence-corrected chi connectivity index (χ4v) is 2.69. The maximum absolute atomic E-state index is 12.2. The molecular formula is C13H21BrN2OS. The lowest BCUT2D eigenvalue weighted by atomic mass is 10.1. The van der Waals surface area contributed by atoms with Gasteiger partial charge in [0.15, 0.2) is 0 Å². The fourth-order valence-electron chi connectivity index (χ4n) is 1.48. The van der Waals surface area contributed by atoms with Gasteiger partial charge in [-0.15, -0.1) is 4.72 Å². The van der Waals surface area contributed by atoms with Crippen LogP contribution in [-0.2, 0) is 11.4 Å². The lowest BCUT2D eigenvalue weighted by Gasteiger charge is -2.27. The molecule has 0 aliphatic heterocycles. The third kappa shape index (κ3) is 4.88. The van der Waals surface area contributed by atoms with Crippen LogP contribution in [0.4, 0.5) is 0 Å². The highest BCUT2D eigenvalue weighted by Crippen LogP contribution is 2.23. The number of hydrogen-bond donors (Lipinski definition) is 1. The van der Waals surface area contributed by atoms with Crippen LogP contribution in [0.1, 0.15) is 52.3 Å². The molecule has 2 atom stereocenters. The smallest absolute Gasteiger partial charge is 0.136 e. The summed E-state index contributed by atoms with van der Waals surface area (Å²) in [6, 6.07) is 5.86. The molecule has 0 bridgehead atoms. The maximum Gasteiger partial charge on any atom is 0.136 e. The summed E-state index contributed by atoms with van der Waals surface area (Å²) in [6.45, 7) is 8.01. The molecule has 18 heavy (non-hydrogen) atoms. The van der Waals surface area contributed by atoms with Crippen LogP contribution in [0.25, 0.3) is 0 Å². The van der Waals surface area contributed by atoms with Crippen LogP contribution in [0.3, 0.4) is 0 Å². The molecule has 1 heterocycles. The second-order valence-electron chi connectivity index (χ2n) is 5.23. The molecule has 102 valence electrons. The summed E-state index contributed by atoms with van der Waals surface area (Å²) in [5, 5.41) is 0. The van der Waals surface area contributed by atoms with E-state index in [1.807, 2.05) is 39.0 Å². The molecule has 0 radical (unpaired) electrons. The lowest BCUT2D eigenvalue weighted by molar-refractivity contribution is 0.504. The molecule has 0 aromatic carbocycles. The minimum absolute atomic E-state index is 0.0348. The van der Waals surface area contributed by atoms with Gasteiger partial charge >= 0.3 is 0 Å². The summed E-state index contributed by atoms with van der Waals surface area (Å²) in [6.07, 6.45) is 1.94. The number of rotatable bonds is 5. The molecule has 0 spiro atoms. The largest absolute Gasteiger partial charge is 0.598 e. The van der Waals surface area contributed by atoms with Crippen LogP contribution >= 0.6 is 15.9 Å². The molecule has 1 aromatic heterocycles. The van der Waals surface area contributed by atoms with Crippen LogP contribution in [0, 0.1) is 0 Å². The fraction of sp³-hybridized carbons (Fsp3) is 0.615. The zero-order valence-electron chi connectivity index (χ0n) is 11.4. The maximum atomic E-state index is 12.2. The Bertz CT molecular complexity index is 381. The van der Waals surface area contributed by atoms with E-state index < -0.39 is 11.4 Å². The normalized spacial score (nSPS) is 15.4. The van der Waals surface area contributed by atoms with Crippen LogP contribution < -0.4 is 4.72 Å². The molecule has 1 N–H and O–H groups in total. The Kier molecular flexibility index (Phi) is 6.11. The second-order valence-corrected chi connectivity index (χ2v) is 8.04. The summed E-state index contributed by atoms with van der Waals surface area (Å²) in [7, 11) is 0. The Morgan fingerprint density at radius 2 is 2.11 bits per heavy atom. The number of aromatic nitrogens is 1. The van der Waals surface area contributed by atoms with Gasteiger partial charge in [-0.3, -0.25) is 0 Å². The van der Waals surface area contributed by atoms with Gasteiger partial charge in [-0.1, -0.05) is 19.4 Å². The highest BCUT2D eigenvalue weighted by molar-refractivity contribution is 9.10. The molecule has 1 aromatic rings. The van der Waals surface area contributed by atoms with E-state index in [2.05, 4.69) is 32.6 Å². The predicted molar refractivity (Wildman–Crippen MR) is 80.6 cm³/mol. The summed E-state index contributed by atoms with van der Waals surface area (Å²) >= 11 is 2.29. The topological polar surface area (TPSA) is 48.0 Å². The van der Waals surface area contributed by atoms with Gasteiger partial charge in [0.05, 0.1) is 11.7 Å². The van der Waals surface area contributed by atoms with Gasteiger partial charge in [-0.2, -0.15) is 0 Å². The van der Waals surface area contributed by atoms with Crippen molar-refractivity contribution < 1.29 is 4.55 Å². The summed E-state index contributed by atoms with van der Waals surface area (Å²) < 4.78 is 15.9. The molecule has 0 amide bonds. The monoisotopic (exact) mass is 332 g/mol. The molecule has 1 rings (SSSR count). The number of nitrogens with zero attached hydrogens (tertiary/aromatic N) is 1. The highest BCUT2D eigenvalue weighted by Gasteiger charge is 2.29. The average molecular weight is 333 g/mol. The van der Waals surface area contributed by atoms with Crippen molar-refractivity contribution in [1.82, 2.24) is 9.71 Å². The van der Waals surface area contributed by atoms with Gasteiger partial charge < -0.3 is 4.55 Å². The van der Waals surface area contributed by atoms with Crippen molar-refractivity contribution in [1.29, 1.82) is 0 Å². The van der Waals surface area contributed by atoms with Crippen molar-refractivity contribution >= 4 is 27.3 Å². The summed E-state index contributed by atoms with van der Waals surface area (Å²) in [5.74, 6) is 0. The van der Waals surface area contributed by atoms with Gasteiger partial charge in [0, 0.05) is 11.4 Å². The van der Waals surface area contributed by atoms with E-state index >= 15 is 0 Å². The predicted octanol–water partition coefficient (Wildman–Crippen LogP) is 3.74. The molecule has 0 saturated heterocycles. The van der Waals surface area contributed by atoms with Crippen molar-refractivity contribution in [3.05, 3.63) is 28.5 Å². The van der Waals surface area contributed by atoms with E-state index in [9.17, 15) is 4.55 Å². The third-order valence-electron chi connectivity index (χ3n) is 2.48. The zero-order chi connectivity index (χ0) is 13.8. The SMILES string of the molecule is CCC[C@H](N[S+]([O-])C(C)(C)C)c1cccc(Br)n1. The summed E-state index contributed by atoms with van der Waals surface area (Å²) in [4.78, 5) is 4.45. The number of pyridine rings is 1. The molecule has 0 fully saturated rings. The first-order chi connectivity index (χ1) is 8.34. The van der Waals surface area contributed by atoms with E-state index in [0.29, 0.717) is 0 Å². The quantitative estimate of drug-likeness (QED) is 0.660. The molecule has 5 heteroatoms. The van der Waals surface area contributed by atoms with Crippen LogP contribution in [0.15, 0.2) is 22.8 Å². The summed E-state index contributed by atoms with van der Waals surface area (Å²) in [5.41, 5.74) is 0.934. The van der Waals surface area contributed by atoms with Crippen molar-refractivity contribution in [2.75, 3.05) is 0 Å². The molecular weight excluding hydrogens is 312 g/mol. The van der Waals surface area contributed by atoms with Crippen molar-refractivity contribution in [3.63, 3.8) is 0 Å². The van der Waals surface area contributed by atoms with Crippen molar-refractivity contribution in [2.45, 2.75) is 51.3 Å². The Balaban J connectivity index is 2.83. The van der Waals surface area contributed by atoms with Crippen LogP contribution in [0.2, 0.25) is 0 Å². The van der Waals surface area contributed by atoms with Gasteiger partial charge in [-0.05, 0) is 55.3 Å². The molecule has 1 unspecified atom stereocenters. The first-order valence-corrected chi connectivity index (χ1v) is 8.09. The molecule has 3 nitrogen and oxygen atoms in total. The number of nitrogens with one attached hydrogen (secondary N) is 1. The van der Waals surface area contributed by atoms with E-state index in [0.717, 1.165) is 23.1 Å². The first-order valence-electron chi connectivity index (χ1n) is 6.15. The Morgan fingerprint density at radius 3 is 2.61 bits per heavy atom. The lowest BCUT2D eigenvalue weighted by Crippen LogP contribution is -2.41. The average Bonchev–Trinajstić information content (AvgIpc) is 2.27. The third-order valence-corrected chi connectivity index (χ3v) is 4.53. The minimum Gasteiger partial charge on any atom is -0.598 e. The van der Waals surface area contributed by atoms with E-state index in [4.69, 9.17) is 0 Å². The van der Waals surface area contributed by atoms with Gasteiger partial charge in [0.25, 0.3) is 0 Å². The molecule has 0 saturated carbocycles. The van der Waals surface area contributed by atoms with Gasteiger partial charge in [0.1, 0.15) is 9.35 Å². The van der Waals surface area contributed by atoms with Crippen LogP contribution in [0.5, 0.6) is 0 Å². The van der Waals surface area contributed by atoms with Gasteiger partial charge in [-0.25, -0.2) is 4.98 Å². The van der Waals surface area contributed by atoms with E-state index in [1.165, 1.54) is 0 Å². The van der Waals surface area contributed by atoms with Crippen molar-refractivity contribution in [2.24, 2.45) is 0 Å². The standard InChI is InChI=1S/C13H21BrN2OS/c1-5-7-11(16-18(17)13(2,3)4)10-8-6-9-12(14)15-10/h6,8-9,11,16H,5,7H2,1-4H3/t11-,18?/m0/s1. The molecule has 0 aliphatic carbocycles. The number of halogens is 1. The van der Waals surface area contributed by atoms with E-state index in [1.54, 1.807) is 0 Å². The zero-order valence-corrected chi connectivity index (χ0v) is 13.8. The van der Waals surface area contributed by atoms with Crippen LogP contribution in [-0.4, -0.2) is 14.3 Å². The molecule has 0 aliphatic rings. The van der Waals surface area contributed by atoms with Crippen molar-refractivity contribution in [3.8, 4) is 0 Å². The van der Waals surface area contributed by atoms with Gasteiger partial charge in [0.2, 0.25) is 0 Å². The highest BCUT2D eigenvalue weighted by atomic mass is 79.9. The van der Waals surface area contributed by atoms with E-state index in [-0.39, 0.29) is 10.8 Å².